The quantitative estimate of drug-likeness (QED) is 0.550. The van der Waals surface area contributed by atoms with Crippen LogP contribution in [0.1, 0.15) is 48.0 Å². The number of rotatable bonds is 0. The Balaban J connectivity index is 3.19. The molecule has 0 atom stereocenters. The summed E-state index contributed by atoms with van der Waals surface area (Å²) in [6.07, 6.45) is 4.31. The van der Waals surface area contributed by atoms with Crippen molar-refractivity contribution in [1.29, 1.82) is 0 Å². The van der Waals surface area contributed by atoms with Crippen LogP contribution in [0.15, 0.2) is 0 Å². The van der Waals surface area contributed by atoms with Crippen molar-refractivity contribution in [3.05, 3.63) is 0 Å². The van der Waals surface area contributed by atoms with Gasteiger partial charge < -0.3 is 0 Å². The standard InChI is InChI=1S/C11H24BrP/c1-10(2,3)13(12,8-7-9-13)11(4,5)6/h7-9H2,1-6H3. The molecule has 2 heteroatoms. The Hall–Kier alpha value is 0.910. The van der Waals surface area contributed by atoms with Crippen molar-refractivity contribution in [1.82, 2.24) is 0 Å². The van der Waals surface area contributed by atoms with E-state index in [4.69, 9.17) is 0 Å². The van der Waals surface area contributed by atoms with Crippen LogP contribution in [0.25, 0.3) is 0 Å². The van der Waals surface area contributed by atoms with Gasteiger partial charge in [0.05, 0.1) is 0 Å². The van der Waals surface area contributed by atoms with Gasteiger partial charge in [-0.05, 0) is 0 Å². The van der Waals surface area contributed by atoms with E-state index in [-0.39, 0.29) is 0 Å². The number of hydrogen-bond donors (Lipinski definition) is 0. The van der Waals surface area contributed by atoms with Crippen molar-refractivity contribution < 1.29 is 0 Å². The van der Waals surface area contributed by atoms with Crippen LogP contribution < -0.4 is 0 Å². The van der Waals surface area contributed by atoms with Gasteiger partial charge >= 0.3 is 91.4 Å². The van der Waals surface area contributed by atoms with E-state index in [9.17, 15) is 0 Å². The fourth-order valence-electron chi connectivity index (χ4n) is 2.94. The zero-order valence-electron chi connectivity index (χ0n) is 9.95. The third kappa shape index (κ3) is 1.26. The average molecular weight is 267 g/mol. The minimum absolute atomic E-state index is 0.460. The summed E-state index contributed by atoms with van der Waals surface area (Å²) in [5, 5.41) is -0.690. The van der Waals surface area contributed by atoms with Crippen molar-refractivity contribution in [2.45, 2.75) is 58.3 Å². The van der Waals surface area contributed by atoms with Crippen LogP contribution in [0, 0.1) is 0 Å². The van der Waals surface area contributed by atoms with Crippen LogP contribution in [-0.4, -0.2) is 22.6 Å². The van der Waals surface area contributed by atoms with Crippen LogP contribution in [0.2, 0.25) is 0 Å². The molecule has 0 saturated carbocycles. The van der Waals surface area contributed by atoms with Gasteiger partial charge in [-0.15, -0.1) is 0 Å². The first-order valence-electron chi connectivity index (χ1n) is 5.25. The maximum absolute atomic E-state index is 4.25. The average Bonchev–Trinajstić information content (AvgIpc) is 1.76. The van der Waals surface area contributed by atoms with Crippen LogP contribution >= 0.6 is 20.8 Å². The molecule has 0 nitrogen and oxygen atoms in total. The van der Waals surface area contributed by atoms with Crippen molar-refractivity contribution >= 4 is 20.8 Å². The Kier molecular flexibility index (Phi) is 2.51. The molecule has 0 aliphatic carbocycles. The summed E-state index contributed by atoms with van der Waals surface area (Å²) in [7, 11) is 0. The molecule has 0 aromatic heterocycles. The third-order valence-corrected chi connectivity index (χ3v) is 21.5. The molecule has 0 N–H and O–H groups in total. The summed E-state index contributed by atoms with van der Waals surface area (Å²) in [4.78, 5) is 0. The molecule has 0 radical (unpaired) electrons. The van der Waals surface area contributed by atoms with Crippen LogP contribution in [0.3, 0.4) is 0 Å². The van der Waals surface area contributed by atoms with Gasteiger partial charge in [-0.2, -0.15) is 0 Å². The van der Waals surface area contributed by atoms with Crippen molar-refractivity contribution in [3.8, 4) is 0 Å². The molecule has 1 aliphatic rings. The molecule has 0 aromatic rings. The summed E-state index contributed by atoms with van der Waals surface area (Å²) in [6, 6.07) is 0. The molecule has 0 spiro atoms. The van der Waals surface area contributed by atoms with Gasteiger partial charge in [-0.25, -0.2) is 0 Å². The zero-order chi connectivity index (χ0) is 10.6. The van der Waals surface area contributed by atoms with Gasteiger partial charge in [0.15, 0.2) is 0 Å². The molecule has 13 heavy (non-hydrogen) atoms. The molecule has 1 heterocycles. The molecule has 80 valence electrons. The third-order valence-electron chi connectivity index (χ3n) is 4.32. The molecule has 1 saturated heterocycles. The van der Waals surface area contributed by atoms with Gasteiger partial charge in [0.2, 0.25) is 0 Å². The van der Waals surface area contributed by atoms with Gasteiger partial charge in [0.1, 0.15) is 0 Å². The first-order chi connectivity index (χ1) is 5.53. The molecule has 0 aromatic carbocycles. The van der Waals surface area contributed by atoms with Crippen LogP contribution in [-0.2, 0) is 0 Å². The molecular weight excluding hydrogens is 243 g/mol. The summed E-state index contributed by atoms with van der Waals surface area (Å²) in [6.45, 7) is 14.5. The second kappa shape index (κ2) is 2.73. The Morgan fingerprint density at radius 2 is 1.15 bits per heavy atom. The predicted octanol–water partition coefficient (Wildman–Crippen LogP) is 4.85. The molecule has 0 unspecified atom stereocenters. The summed E-state index contributed by atoms with van der Waals surface area (Å²) < 4.78 is 0. The molecule has 1 rings (SSSR count). The molecule has 1 fully saturated rings. The summed E-state index contributed by atoms with van der Waals surface area (Å²) in [5.41, 5.74) is 0. The monoisotopic (exact) mass is 266 g/mol. The summed E-state index contributed by atoms with van der Waals surface area (Å²) >= 11 is 4.25. The predicted molar refractivity (Wildman–Crippen MR) is 69.7 cm³/mol. The van der Waals surface area contributed by atoms with Gasteiger partial charge in [0.25, 0.3) is 0 Å². The Labute approximate surface area is 91.5 Å². The van der Waals surface area contributed by atoms with E-state index in [1.165, 1.54) is 18.7 Å². The van der Waals surface area contributed by atoms with Crippen LogP contribution in [0.5, 0.6) is 0 Å². The van der Waals surface area contributed by atoms with E-state index in [0.717, 1.165) is 0 Å². The van der Waals surface area contributed by atoms with Crippen molar-refractivity contribution in [3.63, 3.8) is 0 Å². The molecule has 1 aliphatic heterocycles. The van der Waals surface area contributed by atoms with Crippen molar-refractivity contribution in [2.75, 3.05) is 12.3 Å². The maximum atomic E-state index is 4.25. The minimum atomic E-state index is -1.61. The Morgan fingerprint density at radius 3 is 1.15 bits per heavy atom. The van der Waals surface area contributed by atoms with Gasteiger partial charge in [-0.3, -0.25) is 0 Å². The van der Waals surface area contributed by atoms with E-state index < -0.39 is 5.31 Å². The molecule has 0 bridgehead atoms. The van der Waals surface area contributed by atoms with Gasteiger partial charge in [-0.1, -0.05) is 0 Å². The number of hydrogen-bond acceptors (Lipinski definition) is 0. The zero-order valence-corrected chi connectivity index (χ0v) is 12.4. The second-order valence-corrected chi connectivity index (χ2v) is 18.0. The van der Waals surface area contributed by atoms with E-state index in [1.807, 2.05) is 0 Å². The fraction of sp³-hybridized carbons (Fsp3) is 1.00. The van der Waals surface area contributed by atoms with E-state index in [1.54, 1.807) is 0 Å². The van der Waals surface area contributed by atoms with E-state index in [2.05, 4.69) is 57.0 Å². The molecule has 0 amide bonds. The van der Waals surface area contributed by atoms with Gasteiger partial charge in [0, 0.05) is 0 Å². The first-order valence-corrected chi connectivity index (χ1v) is 9.87. The SMILES string of the molecule is CC(C)(C)P1(Br)(C(C)(C)C)CCC1. The molecular formula is C11H24BrP. The Bertz CT molecular complexity index is 197. The second-order valence-electron chi connectivity index (χ2n) is 6.52. The first kappa shape index (κ1) is 12.0. The van der Waals surface area contributed by atoms with E-state index >= 15 is 0 Å². The van der Waals surface area contributed by atoms with Crippen molar-refractivity contribution in [2.24, 2.45) is 0 Å². The Morgan fingerprint density at radius 1 is 0.846 bits per heavy atom. The van der Waals surface area contributed by atoms with Crippen LogP contribution in [0.4, 0.5) is 0 Å². The fourth-order valence-corrected chi connectivity index (χ4v) is 10.3. The summed E-state index contributed by atoms with van der Waals surface area (Å²) in [5.74, 6) is 0. The topological polar surface area (TPSA) is 0 Å². The normalized spacial score (nSPS) is 29.9. The van der Waals surface area contributed by atoms with E-state index in [0.29, 0.717) is 10.3 Å². The number of halogens is 1.